The van der Waals surface area contributed by atoms with E-state index in [1.54, 1.807) is 11.9 Å². The van der Waals surface area contributed by atoms with Gasteiger partial charge in [0.1, 0.15) is 5.76 Å². The minimum Gasteiger partial charge on any atom is -0.379 e. The number of ether oxygens (including phenoxy) is 1. The molecule has 1 saturated heterocycles. The highest BCUT2D eigenvalue weighted by atomic mass is 16.5. The first-order valence-corrected chi connectivity index (χ1v) is 8.61. The van der Waals surface area contributed by atoms with Gasteiger partial charge in [0.15, 0.2) is 0 Å². The van der Waals surface area contributed by atoms with Gasteiger partial charge in [-0.25, -0.2) is 4.79 Å². The summed E-state index contributed by atoms with van der Waals surface area (Å²) in [6.45, 7) is 12.6. The predicted octanol–water partition coefficient (Wildman–Crippen LogP) is 1.93. The van der Waals surface area contributed by atoms with Crippen molar-refractivity contribution in [2.45, 2.75) is 46.2 Å². The molecule has 0 aromatic carbocycles. The van der Waals surface area contributed by atoms with Crippen LogP contribution in [-0.4, -0.2) is 66.4 Å². The third kappa shape index (κ3) is 4.27. The van der Waals surface area contributed by atoms with Gasteiger partial charge in [0, 0.05) is 37.8 Å². The second kappa shape index (κ2) is 7.98. The molecular weight excluding hydrogens is 308 g/mol. The standard InChI is InChI=1S/C17H30N4O3/c1-6-17(4,21-7-9-23-10-8-21)12-18-16(22)20(5)11-15-13(2)19-24-14(15)3/h6-12H2,1-5H3,(H,18,22)/t17-/m1/s1. The van der Waals surface area contributed by atoms with Crippen LogP contribution in [0.4, 0.5) is 4.79 Å². The number of morpholine rings is 1. The van der Waals surface area contributed by atoms with E-state index in [2.05, 4.69) is 29.2 Å². The van der Waals surface area contributed by atoms with Gasteiger partial charge in [0.2, 0.25) is 0 Å². The average molecular weight is 338 g/mol. The van der Waals surface area contributed by atoms with Crippen LogP contribution in [0.1, 0.15) is 37.3 Å². The van der Waals surface area contributed by atoms with Gasteiger partial charge in [-0.3, -0.25) is 4.90 Å². The first-order valence-electron chi connectivity index (χ1n) is 8.61. The number of urea groups is 1. The van der Waals surface area contributed by atoms with E-state index in [9.17, 15) is 4.79 Å². The third-order valence-corrected chi connectivity index (χ3v) is 5.08. The fourth-order valence-electron chi connectivity index (χ4n) is 3.00. The summed E-state index contributed by atoms with van der Waals surface area (Å²) in [6.07, 6.45) is 0.973. The Morgan fingerprint density at radius 1 is 1.38 bits per heavy atom. The van der Waals surface area contributed by atoms with Crippen molar-refractivity contribution in [3.63, 3.8) is 0 Å². The van der Waals surface area contributed by atoms with Crippen LogP contribution in [0, 0.1) is 13.8 Å². The molecule has 0 saturated carbocycles. The Kier molecular flexibility index (Phi) is 6.23. The molecule has 136 valence electrons. The van der Waals surface area contributed by atoms with Crippen LogP contribution in [0.3, 0.4) is 0 Å². The molecule has 0 unspecified atom stereocenters. The second-order valence-corrected chi connectivity index (χ2v) is 6.77. The summed E-state index contributed by atoms with van der Waals surface area (Å²) in [4.78, 5) is 16.5. The molecule has 2 heterocycles. The van der Waals surface area contributed by atoms with Crippen LogP contribution < -0.4 is 5.32 Å². The fourth-order valence-corrected chi connectivity index (χ4v) is 3.00. The van der Waals surface area contributed by atoms with Crippen LogP contribution in [-0.2, 0) is 11.3 Å². The normalized spacial score (nSPS) is 18.2. The molecule has 0 spiro atoms. The van der Waals surface area contributed by atoms with Gasteiger partial charge >= 0.3 is 6.03 Å². The Labute approximate surface area is 144 Å². The minimum absolute atomic E-state index is 0.0523. The number of aryl methyl sites for hydroxylation is 2. The molecule has 0 bridgehead atoms. The van der Waals surface area contributed by atoms with Crippen LogP contribution >= 0.6 is 0 Å². The number of amides is 2. The van der Waals surface area contributed by atoms with Gasteiger partial charge in [0.05, 0.1) is 25.5 Å². The average Bonchev–Trinajstić information content (AvgIpc) is 2.92. The van der Waals surface area contributed by atoms with E-state index < -0.39 is 0 Å². The van der Waals surface area contributed by atoms with Crippen LogP contribution in [0.25, 0.3) is 0 Å². The van der Waals surface area contributed by atoms with Crippen molar-refractivity contribution in [1.82, 2.24) is 20.3 Å². The van der Waals surface area contributed by atoms with Gasteiger partial charge in [-0.05, 0) is 27.2 Å². The molecule has 7 heteroatoms. The summed E-state index contributed by atoms with van der Waals surface area (Å²) in [6, 6.07) is -0.0806. The van der Waals surface area contributed by atoms with E-state index in [4.69, 9.17) is 9.26 Å². The van der Waals surface area contributed by atoms with Crippen molar-refractivity contribution in [3.8, 4) is 0 Å². The van der Waals surface area contributed by atoms with Crippen molar-refractivity contribution in [2.24, 2.45) is 0 Å². The van der Waals surface area contributed by atoms with Crippen molar-refractivity contribution in [3.05, 3.63) is 17.0 Å². The van der Waals surface area contributed by atoms with Crippen molar-refractivity contribution >= 4 is 6.03 Å². The zero-order chi connectivity index (χ0) is 17.7. The highest BCUT2D eigenvalue weighted by Crippen LogP contribution is 2.20. The number of aromatic nitrogens is 1. The Balaban J connectivity index is 1.90. The maximum absolute atomic E-state index is 12.5. The maximum atomic E-state index is 12.5. The first kappa shape index (κ1) is 18.7. The number of rotatable bonds is 6. The highest BCUT2D eigenvalue weighted by molar-refractivity contribution is 5.74. The van der Waals surface area contributed by atoms with Crippen molar-refractivity contribution in [1.29, 1.82) is 0 Å². The first-order chi connectivity index (χ1) is 11.4. The zero-order valence-electron chi connectivity index (χ0n) is 15.5. The third-order valence-electron chi connectivity index (χ3n) is 5.08. The number of carbonyl (C=O) groups is 1. The van der Waals surface area contributed by atoms with E-state index in [1.807, 2.05) is 13.8 Å². The minimum atomic E-state index is -0.0806. The molecule has 1 aromatic rings. The van der Waals surface area contributed by atoms with Crippen LogP contribution in [0.2, 0.25) is 0 Å². The summed E-state index contributed by atoms with van der Waals surface area (Å²) >= 11 is 0. The van der Waals surface area contributed by atoms with Crippen LogP contribution in [0.5, 0.6) is 0 Å². The van der Waals surface area contributed by atoms with Crippen molar-refractivity contribution < 1.29 is 14.1 Å². The summed E-state index contributed by atoms with van der Waals surface area (Å²) in [5.41, 5.74) is 1.75. The molecule has 1 atom stereocenters. The van der Waals surface area contributed by atoms with E-state index in [0.717, 1.165) is 49.7 Å². The number of nitrogens with one attached hydrogen (secondary N) is 1. The van der Waals surface area contributed by atoms with Gasteiger partial charge in [-0.1, -0.05) is 12.1 Å². The topological polar surface area (TPSA) is 70.8 Å². The summed E-state index contributed by atoms with van der Waals surface area (Å²) in [7, 11) is 1.79. The zero-order valence-corrected chi connectivity index (χ0v) is 15.5. The molecule has 1 aromatic heterocycles. The highest BCUT2D eigenvalue weighted by Gasteiger charge is 2.32. The maximum Gasteiger partial charge on any atom is 0.317 e. The molecule has 0 aliphatic carbocycles. The molecule has 1 fully saturated rings. The largest absolute Gasteiger partial charge is 0.379 e. The number of hydrogen-bond donors (Lipinski definition) is 1. The smallest absolute Gasteiger partial charge is 0.317 e. The molecule has 24 heavy (non-hydrogen) atoms. The second-order valence-electron chi connectivity index (χ2n) is 6.77. The molecule has 2 rings (SSSR count). The summed E-state index contributed by atoms with van der Waals surface area (Å²) in [5, 5.41) is 7.01. The Bertz CT molecular complexity index is 535. The summed E-state index contributed by atoms with van der Waals surface area (Å²) < 4.78 is 10.6. The molecule has 1 N–H and O–H groups in total. The SMILES string of the molecule is CC[C@](C)(CNC(=O)N(C)Cc1c(C)noc1C)N1CCOCC1. The van der Waals surface area contributed by atoms with E-state index >= 15 is 0 Å². The number of carbonyl (C=O) groups excluding carboxylic acids is 1. The monoisotopic (exact) mass is 338 g/mol. The van der Waals surface area contributed by atoms with Crippen LogP contribution in [0.15, 0.2) is 4.52 Å². The quantitative estimate of drug-likeness (QED) is 0.858. The molecule has 1 aliphatic rings. The molecule has 1 aliphatic heterocycles. The van der Waals surface area contributed by atoms with E-state index in [0.29, 0.717) is 13.1 Å². The number of hydrogen-bond acceptors (Lipinski definition) is 5. The lowest BCUT2D eigenvalue weighted by Crippen LogP contribution is -2.57. The Hall–Kier alpha value is -1.60. The van der Waals surface area contributed by atoms with Gasteiger partial charge in [-0.2, -0.15) is 0 Å². The predicted molar refractivity (Wildman–Crippen MR) is 91.9 cm³/mol. The van der Waals surface area contributed by atoms with Gasteiger partial charge in [-0.15, -0.1) is 0 Å². The van der Waals surface area contributed by atoms with Gasteiger partial charge in [0.25, 0.3) is 0 Å². The van der Waals surface area contributed by atoms with Crippen molar-refractivity contribution in [2.75, 3.05) is 39.9 Å². The molecular formula is C17H30N4O3. The lowest BCUT2D eigenvalue weighted by molar-refractivity contribution is -0.0167. The van der Waals surface area contributed by atoms with E-state index in [1.165, 1.54) is 0 Å². The molecule has 0 radical (unpaired) electrons. The van der Waals surface area contributed by atoms with Gasteiger partial charge < -0.3 is 19.5 Å². The fraction of sp³-hybridized carbons (Fsp3) is 0.765. The number of nitrogens with zero attached hydrogens (tertiary/aromatic N) is 3. The molecule has 2 amide bonds. The lowest BCUT2D eigenvalue weighted by Gasteiger charge is -2.43. The Morgan fingerprint density at radius 3 is 2.58 bits per heavy atom. The Morgan fingerprint density at radius 2 is 2.04 bits per heavy atom. The lowest BCUT2D eigenvalue weighted by atomic mass is 9.95. The summed E-state index contributed by atoms with van der Waals surface area (Å²) in [5.74, 6) is 0.763. The molecule has 7 nitrogen and oxygen atoms in total. The van der Waals surface area contributed by atoms with E-state index in [-0.39, 0.29) is 11.6 Å².